The Morgan fingerprint density at radius 3 is 2.71 bits per heavy atom. The van der Waals surface area contributed by atoms with Crippen LogP contribution in [0.2, 0.25) is 0 Å². The van der Waals surface area contributed by atoms with Crippen molar-refractivity contribution in [2.45, 2.75) is 26.8 Å². The van der Waals surface area contributed by atoms with Gasteiger partial charge in [0, 0.05) is 11.9 Å². The first-order valence-corrected chi connectivity index (χ1v) is 6.16. The molecule has 1 heterocycles. The third-order valence-electron chi connectivity index (χ3n) is 3.07. The molecule has 3 nitrogen and oxygen atoms in total. The van der Waals surface area contributed by atoms with E-state index in [0.29, 0.717) is 0 Å². The minimum atomic E-state index is 0.992. The zero-order chi connectivity index (χ0) is 12.4. The molecule has 17 heavy (non-hydrogen) atoms. The monoisotopic (exact) mass is 231 g/mol. The van der Waals surface area contributed by atoms with Gasteiger partial charge in [0.2, 0.25) is 0 Å². The summed E-state index contributed by atoms with van der Waals surface area (Å²) < 4.78 is 2.14. The number of aromatic nitrogens is 2. The van der Waals surface area contributed by atoms with Crippen LogP contribution in [0.3, 0.4) is 0 Å². The Bertz CT molecular complexity index is 511. The minimum absolute atomic E-state index is 0.992. The zero-order valence-electron chi connectivity index (χ0n) is 11.2. The van der Waals surface area contributed by atoms with Crippen LogP contribution in [-0.4, -0.2) is 35.3 Å². The molecule has 0 aliphatic carbocycles. The van der Waals surface area contributed by atoms with E-state index in [1.807, 2.05) is 0 Å². The maximum atomic E-state index is 4.63. The molecule has 0 unspecified atom stereocenters. The predicted octanol–water partition coefficient (Wildman–Crippen LogP) is 2.60. The lowest BCUT2D eigenvalue weighted by molar-refractivity contribution is 0.382. The van der Waals surface area contributed by atoms with E-state index in [-0.39, 0.29) is 0 Å². The van der Waals surface area contributed by atoms with Crippen LogP contribution < -0.4 is 0 Å². The molecule has 0 aliphatic heterocycles. The van der Waals surface area contributed by atoms with Crippen LogP contribution in [0.5, 0.6) is 0 Å². The van der Waals surface area contributed by atoms with Crippen LogP contribution in [0.25, 0.3) is 10.9 Å². The number of nitrogens with zero attached hydrogens (tertiary/aromatic N) is 3. The molecular formula is C14H21N3. The molecule has 1 aromatic carbocycles. The van der Waals surface area contributed by atoms with Crippen molar-refractivity contribution in [3.05, 3.63) is 29.5 Å². The summed E-state index contributed by atoms with van der Waals surface area (Å²) in [5.41, 5.74) is 3.69. The van der Waals surface area contributed by atoms with Crippen LogP contribution in [0.1, 0.15) is 17.7 Å². The predicted molar refractivity (Wildman–Crippen MR) is 72.4 cm³/mol. The Morgan fingerprint density at radius 1 is 1.24 bits per heavy atom. The highest BCUT2D eigenvalue weighted by Crippen LogP contribution is 2.19. The largest absolute Gasteiger partial charge is 0.309 e. The second-order valence-corrected chi connectivity index (χ2v) is 4.99. The van der Waals surface area contributed by atoms with Gasteiger partial charge in [0.15, 0.2) is 0 Å². The third-order valence-corrected chi connectivity index (χ3v) is 3.07. The van der Waals surface area contributed by atoms with Gasteiger partial charge in [-0.25, -0.2) is 0 Å². The second-order valence-electron chi connectivity index (χ2n) is 4.99. The zero-order valence-corrected chi connectivity index (χ0v) is 11.2. The Hall–Kier alpha value is -1.35. The molecule has 0 aliphatic rings. The summed E-state index contributed by atoms with van der Waals surface area (Å²) in [5, 5.41) is 5.90. The van der Waals surface area contributed by atoms with Crippen LogP contribution in [0, 0.1) is 13.8 Å². The fraction of sp³-hybridized carbons (Fsp3) is 0.500. The van der Waals surface area contributed by atoms with E-state index in [1.54, 1.807) is 0 Å². The first-order chi connectivity index (χ1) is 8.08. The number of rotatable bonds is 4. The molecule has 0 radical (unpaired) electrons. The van der Waals surface area contributed by atoms with Crippen molar-refractivity contribution in [2.24, 2.45) is 0 Å². The lowest BCUT2D eigenvalue weighted by Gasteiger charge is -2.09. The van der Waals surface area contributed by atoms with E-state index >= 15 is 0 Å². The number of aryl methyl sites for hydroxylation is 3. The molecule has 0 atom stereocenters. The maximum Gasteiger partial charge on any atom is 0.0687 e. The normalized spacial score (nSPS) is 11.6. The van der Waals surface area contributed by atoms with Gasteiger partial charge in [-0.2, -0.15) is 5.10 Å². The quantitative estimate of drug-likeness (QED) is 0.806. The molecule has 0 saturated carbocycles. The molecule has 3 heteroatoms. The van der Waals surface area contributed by atoms with Gasteiger partial charge in [0.05, 0.1) is 11.2 Å². The van der Waals surface area contributed by atoms with Crippen LogP contribution in [0.4, 0.5) is 0 Å². The molecule has 0 saturated heterocycles. The number of benzene rings is 1. The fourth-order valence-corrected chi connectivity index (χ4v) is 2.16. The van der Waals surface area contributed by atoms with E-state index in [4.69, 9.17) is 0 Å². The molecule has 0 N–H and O–H groups in total. The van der Waals surface area contributed by atoms with Crippen molar-refractivity contribution in [3.8, 4) is 0 Å². The summed E-state index contributed by atoms with van der Waals surface area (Å²) in [5.74, 6) is 0. The van der Waals surface area contributed by atoms with E-state index < -0.39 is 0 Å². The Labute approximate surface area is 103 Å². The minimum Gasteiger partial charge on any atom is -0.309 e. The Balaban J connectivity index is 2.24. The highest BCUT2D eigenvalue weighted by molar-refractivity contribution is 5.82. The van der Waals surface area contributed by atoms with Crippen molar-refractivity contribution in [1.82, 2.24) is 14.7 Å². The summed E-state index contributed by atoms with van der Waals surface area (Å²) >= 11 is 0. The van der Waals surface area contributed by atoms with Gasteiger partial charge in [-0.3, -0.25) is 4.68 Å². The van der Waals surface area contributed by atoms with Crippen molar-refractivity contribution >= 4 is 10.9 Å². The molecule has 0 amide bonds. The fourth-order valence-electron chi connectivity index (χ4n) is 2.16. The van der Waals surface area contributed by atoms with Crippen molar-refractivity contribution in [1.29, 1.82) is 0 Å². The summed E-state index contributed by atoms with van der Waals surface area (Å²) in [6, 6.07) is 6.56. The van der Waals surface area contributed by atoms with E-state index in [2.05, 4.69) is 60.8 Å². The van der Waals surface area contributed by atoms with Crippen LogP contribution >= 0.6 is 0 Å². The number of fused-ring (bicyclic) bond motifs is 1. The van der Waals surface area contributed by atoms with Crippen molar-refractivity contribution < 1.29 is 0 Å². The molecule has 2 rings (SSSR count). The standard InChI is InChI=1S/C14H21N3/c1-11-6-7-13-12(2)15-17(14(13)10-11)9-5-8-16(3)4/h6-7,10H,5,8-9H2,1-4H3. The first-order valence-electron chi connectivity index (χ1n) is 6.16. The molecule has 0 fully saturated rings. The van der Waals surface area contributed by atoms with Gasteiger partial charge in [0.1, 0.15) is 0 Å². The topological polar surface area (TPSA) is 21.1 Å². The average Bonchev–Trinajstić information content (AvgIpc) is 2.55. The van der Waals surface area contributed by atoms with E-state index in [1.165, 1.54) is 16.5 Å². The molecule has 0 spiro atoms. The molecule has 0 bridgehead atoms. The summed E-state index contributed by atoms with van der Waals surface area (Å²) in [7, 11) is 4.22. The first kappa shape index (κ1) is 12.1. The van der Waals surface area contributed by atoms with Gasteiger partial charge >= 0.3 is 0 Å². The lowest BCUT2D eigenvalue weighted by atomic mass is 10.1. The van der Waals surface area contributed by atoms with Gasteiger partial charge in [0.25, 0.3) is 0 Å². The van der Waals surface area contributed by atoms with Crippen LogP contribution in [0.15, 0.2) is 18.2 Å². The van der Waals surface area contributed by atoms with Crippen molar-refractivity contribution in [3.63, 3.8) is 0 Å². The Morgan fingerprint density at radius 2 is 2.00 bits per heavy atom. The highest BCUT2D eigenvalue weighted by atomic mass is 15.3. The van der Waals surface area contributed by atoms with Gasteiger partial charge < -0.3 is 4.90 Å². The maximum absolute atomic E-state index is 4.63. The highest BCUT2D eigenvalue weighted by Gasteiger charge is 2.06. The molecule has 2 aromatic rings. The van der Waals surface area contributed by atoms with Gasteiger partial charge in [-0.1, -0.05) is 12.1 Å². The van der Waals surface area contributed by atoms with Crippen LogP contribution in [-0.2, 0) is 6.54 Å². The SMILES string of the molecule is Cc1ccc2c(C)nn(CCCN(C)C)c2c1. The Kier molecular flexibility index (Phi) is 3.48. The van der Waals surface area contributed by atoms with Gasteiger partial charge in [-0.15, -0.1) is 0 Å². The number of hydrogen-bond donors (Lipinski definition) is 0. The smallest absolute Gasteiger partial charge is 0.0687 e. The summed E-state index contributed by atoms with van der Waals surface area (Å²) in [6.45, 7) is 6.31. The molecule has 92 valence electrons. The molecular weight excluding hydrogens is 210 g/mol. The summed E-state index contributed by atoms with van der Waals surface area (Å²) in [4.78, 5) is 2.21. The van der Waals surface area contributed by atoms with E-state index in [9.17, 15) is 0 Å². The van der Waals surface area contributed by atoms with E-state index in [0.717, 1.165) is 25.2 Å². The third kappa shape index (κ3) is 2.67. The van der Waals surface area contributed by atoms with Gasteiger partial charge in [-0.05, 0) is 52.5 Å². The van der Waals surface area contributed by atoms with Crippen molar-refractivity contribution in [2.75, 3.05) is 20.6 Å². The molecule has 1 aromatic heterocycles. The second kappa shape index (κ2) is 4.88. The summed E-state index contributed by atoms with van der Waals surface area (Å²) in [6.07, 6.45) is 1.14. The number of hydrogen-bond acceptors (Lipinski definition) is 2. The average molecular weight is 231 g/mol. The lowest BCUT2D eigenvalue weighted by Crippen LogP contribution is -2.15.